The van der Waals surface area contributed by atoms with Crippen LogP contribution in [0.15, 0.2) is 47.4 Å². The lowest BCUT2D eigenvalue weighted by Gasteiger charge is -2.22. The quantitative estimate of drug-likeness (QED) is 0.236. The molecule has 0 bridgehead atoms. The van der Waals surface area contributed by atoms with Gasteiger partial charge in [0, 0.05) is 16.3 Å². The van der Waals surface area contributed by atoms with Crippen molar-refractivity contribution in [3.63, 3.8) is 0 Å². The Morgan fingerprint density at radius 2 is 1.51 bits per heavy atom. The zero-order chi connectivity index (χ0) is 27.9. The highest BCUT2D eigenvalue weighted by Crippen LogP contribution is 2.42. The highest BCUT2D eigenvalue weighted by molar-refractivity contribution is 7.92. The fourth-order valence-electron chi connectivity index (χ4n) is 3.95. The molecule has 2 N–H and O–H groups in total. The molecule has 0 heterocycles. The van der Waals surface area contributed by atoms with Crippen molar-refractivity contribution in [1.82, 2.24) is 0 Å². The molecule has 198 valence electrons. The number of nitrogens with one attached hydrogen (secondary N) is 1. The number of phenols is 1. The third-order valence-electron chi connectivity index (χ3n) is 5.81. The summed E-state index contributed by atoms with van der Waals surface area (Å²) in [5, 5.41) is 10.9. The zero-order valence-electron chi connectivity index (χ0n) is 20.7. The third kappa shape index (κ3) is 5.71. The fraction of sp³-hybridized carbons (Fsp3) is 0.308. The molecule has 3 aromatic carbocycles. The number of Topliss-reactive ketones (excluding diaryl/α,β-unsaturated/α-hetero) is 1. The van der Waals surface area contributed by atoms with Crippen LogP contribution in [0.5, 0.6) is 5.75 Å². The van der Waals surface area contributed by atoms with E-state index in [0.717, 1.165) is 11.6 Å². The first kappa shape index (κ1) is 28.0. The van der Waals surface area contributed by atoms with Gasteiger partial charge in [-0.1, -0.05) is 30.3 Å². The molecule has 1 unspecified atom stereocenters. The van der Waals surface area contributed by atoms with Gasteiger partial charge in [-0.2, -0.15) is 13.2 Å². The number of benzene rings is 3. The predicted molar refractivity (Wildman–Crippen MR) is 132 cm³/mol. The van der Waals surface area contributed by atoms with Crippen LogP contribution in [-0.2, 0) is 24.3 Å². The van der Waals surface area contributed by atoms with Crippen molar-refractivity contribution in [1.29, 1.82) is 0 Å². The SMILES string of the molecule is Cc1cc(C)c(S(=O)(=O)Nc2cc(C(C(=O)OC(C)C)C(=O)C(F)(F)F)c(O)c3ccccc23)cc1C. The highest BCUT2D eigenvalue weighted by atomic mass is 32.2. The van der Waals surface area contributed by atoms with E-state index in [1.807, 2.05) is 6.92 Å². The third-order valence-corrected chi connectivity index (χ3v) is 7.32. The van der Waals surface area contributed by atoms with Gasteiger partial charge >= 0.3 is 12.1 Å². The molecule has 0 spiro atoms. The van der Waals surface area contributed by atoms with Gasteiger partial charge in [0.1, 0.15) is 5.75 Å². The maximum Gasteiger partial charge on any atom is 0.451 e. The minimum atomic E-state index is -5.44. The van der Waals surface area contributed by atoms with E-state index in [4.69, 9.17) is 4.74 Å². The van der Waals surface area contributed by atoms with Crippen LogP contribution < -0.4 is 4.72 Å². The van der Waals surface area contributed by atoms with E-state index in [1.54, 1.807) is 19.9 Å². The van der Waals surface area contributed by atoms with Crippen molar-refractivity contribution in [3.05, 3.63) is 64.7 Å². The Balaban J connectivity index is 2.28. The number of anilines is 1. The molecule has 0 fully saturated rings. The number of sulfonamides is 1. The molecule has 1 atom stereocenters. The topological polar surface area (TPSA) is 110 Å². The van der Waals surface area contributed by atoms with Gasteiger partial charge < -0.3 is 9.84 Å². The number of rotatable bonds is 7. The number of aromatic hydroxyl groups is 1. The van der Waals surface area contributed by atoms with Gasteiger partial charge in [0.15, 0.2) is 5.92 Å². The molecule has 0 amide bonds. The summed E-state index contributed by atoms with van der Waals surface area (Å²) in [7, 11) is -4.27. The standard InChI is InChI=1S/C26H26F3NO6S/c1-13(2)36-25(33)22(24(32)26(27,28)29)19-12-20(17-8-6-7-9-18(17)23(19)31)30-37(34,35)21-11-15(4)14(3)10-16(21)5/h6-13,22,30-31H,1-5H3. The van der Waals surface area contributed by atoms with Crippen LogP contribution in [0.25, 0.3) is 10.8 Å². The summed E-state index contributed by atoms with van der Waals surface area (Å²) in [6.07, 6.45) is -6.29. The second-order valence-corrected chi connectivity index (χ2v) is 10.6. The summed E-state index contributed by atoms with van der Waals surface area (Å²) in [5.74, 6) is -7.33. The first-order valence-corrected chi connectivity index (χ1v) is 12.7. The number of ketones is 1. The van der Waals surface area contributed by atoms with Gasteiger partial charge in [0.2, 0.25) is 0 Å². The Morgan fingerprint density at radius 3 is 2.08 bits per heavy atom. The molecular formula is C26H26F3NO6S. The summed E-state index contributed by atoms with van der Waals surface area (Å²) in [6, 6.07) is 9.78. The molecule has 0 aliphatic carbocycles. The van der Waals surface area contributed by atoms with Crippen molar-refractivity contribution in [2.24, 2.45) is 0 Å². The maximum atomic E-state index is 13.5. The van der Waals surface area contributed by atoms with Crippen LogP contribution in [-0.4, -0.2) is 37.6 Å². The molecule has 0 saturated heterocycles. The Hall–Kier alpha value is -3.60. The van der Waals surface area contributed by atoms with Gasteiger partial charge in [0.05, 0.1) is 16.7 Å². The number of alkyl halides is 3. The fourth-order valence-corrected chi connectivity index (χ4v) is 5.33. The zero-order valence-corrected chi connectivity index (χ0v) is 21.5. The molecule has 3 aromatic rings. The van der Waals surface area contributed by atoms with E-state index >= 15 is 0 Å². The van der Waals surface area contributed by atoms with E-state index in [2.05, 4.69) is 4.72 Å². The number of fused-ring (bicyclic) bond motifs is 1. The van der Waals surface area contributed by atoms with Crippen molar-refractivity contribution >= 4 is 38.2 Å². The minimum absolute atomic E-state index is 0.0589. The second kappa shape index (κ2) is 10.0. The molecule has 37 heavy (non-hydrogen) atoms. The predicted octanol–water partition coefficient (Wildman–Crippen LogP) is 5.44. The minimum Gasteiger partial charge on any atom is -0.507 e. The number of hydrogen-bond donors (Lipinski definition) is 2. The number of phenolic OH excluding ortho intramolecular Hbond substituents is 1. The maximum absolute atomic E-state index is 13.5. The summed E-state index contributed by atoms with van der Waals surface area (Å²) in [6.45, 7) is 7.92. The number of hydrogen-bond acceptors (Lipinski definition) is 6. The van der Waals surface area contributed by atoms with Crippen LogP contribution in [0.3, 0.4) is 0 Å². The molecule has 0 aromatic heterocycles. The first-order chi connectivity index (χ1) is 17.0. The van der Waals surface area contributed by atoms with Crippen LogP contribution >= 0.6 is 0 Å². The summed E-state index contributed by atoms with van der Waals surface area (Å²) < 4.78 is 74.4. The first-order valence-electron chi connectivity index (χ1n) is 11.2. The average molecular weight is 538 g/mol. The molecule has 7 nitrogen and oxygen atoms in total. The van der Waals surface area contributed by atoms with Gasteiger partial charge in [-0.25, -0.2) is 8.42 Å². The average Bonchev–Trinajstić information content (AvgIpc) is 2.78. The molecule has 11 heteroatoms. The van der Waals surface area contributed by atoms with Crippen molar-refractivity contribution in [2.45, 2.75) is 57.7 Å². The van der Waals surface area contributed by atoms with E-state index in [0.29, 0.717) is 11.1 Å². The van der Waals surface area contributed by atoms with Crippen molar-refractivity contribution in [3.8, 4) is 5.75 Å². The molecule has 0 radical (unpaired) electrons. The second-order valence-electron chi connectivity index (χ2n) is 9.00. The lowest BCUT2D eigenvalue weighted by molar-refractivity contribution is -0.178. The summed E-state index contributed by atoms with van der Waals surface area (Å²) in [4.78, 5) is 24.9. The molecule has 0 aliphatic heterocycles. The Kier molecular flexibility index (Phi) is 7.59. The van der Waals surface area contributed by atoms with Crippen LogP contribution in [0.4, 0.5) is 18.9 Å². The number of ether oxygens (including phenoxy) is 1. The molecular weight excluding hydrogens is 511 g/mol. The largest absolute Gasteiger partial charge is 0.507 e. The number of esters is 1. The Labute approximate surface area is 212 Å². The summed E-state index contributed by atoms with van der Waals surface area (Å²) >= 11 is 0. The van der Waals surface area contributed by atoms with Crippen molar-refractivity contribution < 1.29 is 41.0 Å². The summed E-state index contributed by atoms with van der Waals surface area (Å²) in [5.41, 5.74) is 1.05. The molecule has 0 saturated carbocycles. The van der Waals surface area contributed by atoms with Gasteiger partial charge in [0.25, 0.3) is 15.8 Å². The van der Waals surface area contributed by atoms with E-state index in [1.165, 1.54) is 44.2 Å². The number of halogens is 3. The number of carbonyl (C=O) groups excluding carboxylic acids is 2. The van der Waals surface area contributed by atoms with Crippen molar-refractivity contribution in [2.75, 3.05) is 4.72 Å². The Bertz CT molecular complexity index is 1500. The Morgan fingerprint density at radius 1 is 0.946 bits per heavy atom. The van der Waals surface area contributed by atoms with Gasteiger partial charge in [-0.05, 0) is 63.4 Å². The van der Waals surface area contributed by atoms with E-state index in [9.17, 15) is 36.3 Å². The molecule has 0 aliphatic rings. The van der Waals surface area contributed by atoms with Gasteiger partial charge in [-0.3, -0.25) is 14.3 Å². The van der Waals surface area contributed by atoms with Gasteiger partial charge in [-0.15, -0.1) is 0 Å². The van der Waals surface area contributed by atoms with Crippen LogP contribution in [0, 0.1) is 20.8 Å². The monoisotopic (exact) mass is 537 g/mol. The molecule has 3 rings (SSSR count). The smallest absolute Gasteiger partial charge is 0.451 e. The normalized spacial score (nSPS) is 13.0. The number of aryl methyl sites for hydroxylation is 3. The van der Waals surface area contributed by atoms with Crippen LogP contribution in [0.2, 0.25) is 0 Å². The van der Waals surface area contributed by atoms with E-state index in [-0.39, 0.29) is 21.4 Å². The lowest BCUT2D eigenvalue weighted by Crippen LogP contribution is -2.35. The van der Waals surface area contributed by atoms with Crippen LogP contribution in [0.1, 0.15) is 42.0 Å². The van der Waals surface area contributed by atoms with E-state index < -0.39 is 51.3 Å². The number of carbonyl (C=O) groups is 2. The lowest BCUT2D eigenvalue weighted by atomic mass is 9.90. The highest BCUT2D eigenvalue weighted by Gasteiger charge is 2.49.